The lowest BCUT2D eigenvalue weighted by Gasteiger charge is -2.41. The Morgan fingerprint density at radius 1 is 1.30 bits per heavy atom. The maximum Gasteiger partial charge on any atom is 0.338 e. The summed E-state index contributed by atoms with van der Waals surface area (Å²) in [5.74, 6) is -0.293. The lowest BCUT2D eigenvalue weighted by atomic mass is 9.76. The lowest BCUT2D eigenvalue weighted by molar-refractivity contribution is -0.167. The topological polar surface area (TPSA) is 110 Å². The Bertz CT molecular complexity index is 1380. The molecule has 1 aliphatic heterocycles. The molecule has 1 aromatic carbocycles. The Kier molecular flexibility index (Phi) is 6.70. The molecule has 5 rings (SSSR count). The highest BCUT2D eigenvalue weighted by atomic mass is 35.5. The van der Waals surface area contributed by atoms with Gasteiger partial charge in [0.1, 0.15) is 17.2 Å². The smallest absolute Gasteiger partial charge is 0.338 e. The molecule has 1 saturated carbocycles. The molecule has 3 aromatic rings. The highest BCUT2D eigenvalue weighted by Gasteiger charge is 2.48. The summed E-state index contributed by atoms with van der Waals surface area (Å²) in [6.45, 7) is 3.09. The van der Waals surface area contributed by atoms with Crippen LogP contribution in [0.25, 0.3) is 5.78 Å². The third kappa shape index (κ3) is 5.20. The number of rotatable bonds is 7. The molecule has 1 aliphatic carbocycles. The summed E-state index contributed by atoms with van der Waals surface area (Å²) in [7, 11) is 0. The predicted octanol–water partition coefficient (Wildman–Crippen LogP) is 5.01. The number of esters is 1. The minimum atomic E-state index is -1.28. The number of aryl methyl sites for hydroxylation is 1. The van der Waals surface area contributed by atoms with Gasteiger partial charge in [-0.1, -0.05) is 36.6 Å². The molecule has 0 amide bonds. The number of cyclic esters (lactones) is 1. The van der Waals surface area contributed by atoms with Crippen LogP contribution >= 0.6 is 11.6 Å². The van der Waals surface area contributed by atoms with Crippen LogP contribution in [0.15, 0.2) is 41.9 Å². The van der Waals surface area contributed by atoms with Crippen LogP contribution in [0.3, 0.4) is 0 Å². The van der Waals surface area contributed by atoms with E-state index in [1.54, 1.807) is 32.2 Å². The number of aliphatic hydroxyl groups is 2. The van der Waals surface area contributed by atoms with Gasteiger partial charge in [0.25, 0.3) is 5.78 Å². The van der Waals surface area contributed by atoms with Crippen molar-refractivity contribution in [1.29, 1.82) is 0 Å². The highest BCUT2D eigenvalue weighted by molar-refractivity contribution is 6.30. The third-order valence-electron chi connectivity index (χ3n) is 7.53. The average molecular weight is 529 g/mol. The molecule has 1 unspecified atom stereocenters. The SMILES string of the molecule is CC(C)(O)c1ccc(CCC2(C3CCCC3)CC(O)=C(Cc3nc4ncc(Cl)cn4n3)C(=O)O2)cc1F. The number of carbonyl (C=O) groups excluding carboxylic acids is 1. The molecule has 0 bridgehead atoms. The Morgan fingerprint density at radius 2 is 2.05 bits per heavy atom. The van der Waals surface area contributed by atoms with Crippen LogP contribution in [0.5, 0.6) is 0 Å². The van der Waals surface area contributed by atoms with Gasteiger partial charge in [0.05, 0.1) is 28.6 Å². The van der Waals surface area contributed by atoms with Gasteiger partial charge >= 0.3 is 5.97 Å². The van der Waals surface area contributed by atoms with Gasteiger partial charge in [0, 0.05) is 18.4 Å². The summed E-state index contributed by atoms with van der Waals surface area (Å²) in [5.41, 5.74) is -1.04. The van der Waals surface area contributed by atoms with Crippen molar-refractivity contribution in [2.45, 2.75) is 76.4 Å². The van der Waals surface area contributed by atoms with Crippen LogP contribution < -0.4 is 0 Å². The Hall–Kier alpha value is -3.04. The fraction of sp³-hybridized carbons (Fsp3) is 0.481. The van der Waals surface area contributed by atoms with Gasteiger partial charge in [-0.25, -0.2) is 18.7 Å². The summed E-state index contributed by atoms with van der Waals surface area (Å²) in [6.07, 6.45) is 8.04. The minimum Gasteiger partial charge on any atom is -0.512 e. The first-order valence-electron chi connectivity index (χ1n) is 12.6. The van der Waals surface area contributed by atoms with Crippen molar-refractivity contribution in [2.75, 3.05) is 0 Å². The molecule has 2 N–H and O–H groups in total. The van der Waals surface area contributed by atoms with Crippen molar-refractivity contribution in [2.24, 2.45) is 5.92 Å². The summed E-state index contributed by atoms with van der Waals surface area (Å²) < 4.78 is 22.2. The number of hydrogen-bond donors (Lipinski definition) is 2. The van der Waals surface area contributed by atoms with Gasteiger partial charge in [-0.3, -0.25) is 0 Å². The van der Waals surface area contributed by atoms with Crippen LogP contribution in [-0.2, 0) is 28.0 Å². The number of aromatic nitrogens is 4. The van der Waals surface area contributed by atoms with Crippen LogP contribution in [0.2, 0.25) is 5.02 Å². The second-order valence-electron chi connectivity index (χ2n) is 10.6. The van der Waals surface area contributed by atoms with E-state index in [0.29, 0.717) is 29.5 Å². The standard InChI is InChI=1S/C27H30ClFN4O4/c1-26(2,36)20-8-7-16(11-21(20)29)9-10-27(17-5-3-4-6-17)13-22(34)19(24(35)37-27)12-23-31-25-30-14-18(28)15-33(25)32-23/h7-8,11,14-15,17,34,36H,3-6,9-10,12-13H2,1-2H3. The van der Waals surface area contributed by atoms with Gasteiger partial charge in [0.2, 0.25) is 0 Å². The Labute approximate surface area is 219 Å². The molecule has 0 spiro atoms. The average Bonchev–Trinajstić information content (AvgIpc) is 3.49. The molecule has 0 saturated heterocycles. The summed E-state index contributed by atoms with van der Waals surface area (Å²) >= 11 is 5.96. The van der Waals surface area contributed by atoms with Gasteiger partial charge in [-0.15, -0.1) is 5.10 Å². The van der Waals surface area contributed by atoms with Crippen LogP contribution in [0.1, 0.15) is 69.3 Å². The third-order valence-corrected chi connectivity index (χ3v) is 7.72. The number of hydrogen-bond acceptors (Lipinski definition) is 7. The Balaban J connectivity index is 1.38. The molecule has 37 heavy (non-hydrogen) atoms. The number of fused-ring (bicyclic) bond motifs is 1. The molecule has 3 heterocycles. The molecular formula is C27H30ClFN4O4. The summed E-state index contributed by atoms with van der Waals surface area (Å²) in [5, 5.41) is 26.0. The zero-order valence-electron chi connectivity index (χ0n) is 20.9. The summed E-state index contributed by atoms with van der Waals surface area (Å²) in [4.78, 5) is 21.7. The fourth-order valence-electron chi connectivity index (χ4n) is 5.59. The molecule has 196 valence electrons. The molecular weight excluding hydrogens is 499 g/mol. The maximum absolute atomic E-state index is 14.7. The van der Waals surface area contributed by atoms with Crippen molar-refractivity contribution in [3.63, 3.8) is 0 Å². The second-order valence-corrected chi connectivity index (χ2v) is 11.1. The van der Waals surface area contributed by atoms with Gasteiger partial charge in [-0.05, 0) is 57.1 Å². The highest BCUT2D eigenvalue weighted by Crippen LogP contribution is 2.46. The molecule has 1 atom stereocenters. The van der Waals surface area contributed by atoms with E-state index in [1.165, 1.54) is 16.8 Å². The first-order chi connectivity index (χ1) is 17.5. The number of benzene rings is 1. The number of carbonyl (C=O) groups is 1. The Morgan fingerprint density at radius 3 is 2.73 bits per heavy atom. The van der Waals surface area contributed by atoms with E-state index in [2.05, 4.69) is 15.1 Å². The summed E-state index contributed by atoms with van der Waals surface area (Å²) in [6, 6.07) is 4.82. The number of ether oxygens (including phenoxy) is 1. The molecule has 1 fully saturated rings. The first-order valence-corrected chi connectivity index (χ1v) is 12.9. The van der Waals surface area contributed by atoms with E-state index in [4.69, 9.17) is 16.3 Å². The fourth-order valence-corrected chi connectivity index (χ4v) is 5.73. The van der Waals surface area contributed by atoms with Crippen molar-refractivity contribution in [3.05, 3.63) is 69.7 Å². The van der Waals surface area contributed by atoms with Crippen molar-refractivity contribution in [3.8, 4) is 0 Å². The van der Waals surface area contributed by atoms with Gasteiger partial charge in [0.15, 0.2) is 5.82 Å². The molecule has 2 aromatic heterocycles. The van der Waals surface area contributed by atoms with Crippen LogP contribution in [-0.4, -0.2) is 41.4 Å². The second kappa shape index (κ2) is 9.68. The quantitative estimate of drug-likeness (QED) is 0.415. The van der Waals surface area contributed by atoms with E-state index in [1.807, 2.05) is 0 Å². The van der Waals surface area contributed by atoms with E-state index in [9.17, 15) is 19.4 Å². The van der Waals surface area contributed by atoms with Crippen molar-refractivity contribution < 1.29 is 24.1 Å². The van der Waals surface area contributed by atoms with Crippen molar-refractivity contribution >= 4 is 23.3 Å². The monoisotopic (exact) mass is 528 g/mol. The minimum absolute atomic E-state index is 0.00993. The van der Waals surface area contributed by atoms with E-state index >= 15 is 0 Å². The van der Waals surface area contributed by atoms with E-state index < -0.39 is 23.0 Å². The number of aliphatic hydroxyl groups excluding tert-OH is 1. The van der Waals surface area contributed by atoms with Crippen LogP contribution in [0, 0.1) is 11.7 Å². The molecule has 8 nitrogen and oxygen atoms in total. The van der Waals surface area contributed by atoms with E-state index in [-0.39, 0.29) is 35.7 Å². The molecule has 2 aliphatic rings. The van der Waals surface area contributed by atoms with Gasteiger partial charge in [-0.2, -0.15) is 4.98 Å². The lowest BCUT2D eigenvalue weighted by Crippen LogP contribution is -2.46. The number of halogens is 2. The normalized spacial score (nSPS) is 21.2. The molecule has 10 heteroatoms. The zero-order valence-corrected chi connectivity index (χ0v) is 21.6. The zero-order chi connectivity index (χ0) is 26.4. The predicted molar refractivity (Wildman–Crippen MR) is 135 cm³/mol. The van der Waals surface area contributed by atoms with E-state index in [0.717, 1.165) is 31.2 Å². The van der Waals surface area contributed by atoms with Crippen molar-refractivity contribution in [1.82, 2.24) is 19.6 Å². The maximum atomic E-state index is 14.7. The molecule has 0 radical (unpaired) electrons. The first kappa shape index (κ1) is 25.6. The number of nitrogens with zero attached hydrogens (tertiary/aromatic N) is 4. The van der Waals surface area contributed by atoms with Crippen LogP contribution in [0.4, 0.5) is 4.39 Å². The largest absolute Gasteiger partial charge is 0.512 e. The van der Waals surface area contributed by atoms with Gasteiger partial charge < -0.3 is 14.9 Å².